The second kappa shape index (κ2) is 15.4. The molecular weight excluding hydrogens is 469 g/mol. The number of aliphatic imine (C=N–C) groups is 1. The van der Waals surface area contributed by atoms with E-state index in [2.05, 4.69) is 62.7 Å². The van der Waals surface area contributed by atoms with E-state index in [0.29, 0.717) is 0 Å². The number of nitrogens with one attached hydrogen (secondary N) is 2. The van der Waals surface area contributed by atoms with E-state index in [0.717, 1.165) is 24.8 Å². The van der Waals surface area contributed by atoms with Crippen molar-refractivity contribution in [2.75, 3.05) is 65.2 Å². The minimum atomic E-state index is 0. The Morgan fingerprint density at radius 3 is 2.33 bits per heavy atom. The quantitative estimate of drug-likeness (QED) is 0.168. The number of hydrogen-bond acceptors (Lipinski definition) is 4. The van der Waals surface area contributed by atoms with Crippen molar-refractivity contribution in [2.45, 2.75) is 24.7 Å². The Morgan fingerprint density at radius 2 is 1.67 bits per heavy atom. The van der Waals surface area contributed by atoms with Crippen molar-refractivity contribution in [3.8, 4) is 0 Å². The maximum atomic E-state index is 4.31. The van der Waals surface area contributed by atoms with Crippen molar-refractivity contribution < 1.29 is 0 Å². The number of nitrogens with zero attached hydrogens (tertiary/aromatic N) is 3. The summed E-state index contributed by atoms with van der Waals surface area (Å²) in [6.07, 6.45) is 2.44. The van der Waals surface area contributed by atoms with Crippen molar-refractivity contribution in [1.29, 1.82) is 0 Å². The summed E-state index contributed by atoms with van der Waals surface area (Å²) in [4.78, 5) is 10.8. The molecule has 0 spiro atoms. The fourth-order valence-electron chi connectivity index (χ4n) is 3.07. The Hall–Kier alpha value is -0.510. The van der Waals surface area contributed by atoms with Crippen LogP contribution in [-0.2, 0) is 0 Å². The first-order chi connectivity index (χ1) is 12.8. The number of rotatable bonds is 10. The number of hydrogen-bond donors (Lipinski definition) is 2. The van der Waals surface area contributed by atoms with Crippen LogP contribution >= 0.6 is 35.7 Å². The second-order valence-electron chi connectivity index (χ2n) is 6.57. The number of guanidine groups is 1. The van der Waals surface area contributed by atoms with Crippen LogP contribution in [0.1, 0.15) is 19.8 Å². The largest absolute Gasteiger partial charge is 0.356 e. The number of likely N-dealkylation sites (N-methyl/N-ethyl adjacent to an activating group) is 1. The Labute approximate surface area is 186 Å². The lowest BCUT2D eigenvalue weighted by molar-refractivity contribution is 0.136. The van der Waals surface area contributed by atoms with Crippen LogP contribution in [0.15, 0.2) is 40.2 Å². The minimum absolute atomic E-state index is 0. The molecule has 1 aliphatic heterocycles. The van der Waals surface area contributed by atoms with Gasteiger partial charge >= 0.3 is 0 Å². The molecule has 1 aliphatic rings. The molecule has 0 saturated carbocycles. The molecule has 1 heterocycles. The second-order valence-corrected chi connectivity index (χ2v) is 7.74. The molecule has 2 rings (SSSR count). The van der Waals surface area contributed by atoms with Crippen LogP contribution in [0.25, 0.3) is 0 Å². The molecule has 0 aliphatic carbocycles. The summed E-state index contributed by atoms with van der Waals surface area (Å²) in [5.41, 5.74) is 0. The fraction of sp³-hybridized carbons (Fsp3) is 0.650. The van der Waals surface area contributed by atoms with Crippen LogP contribution in [0.5, 0.6) is 0 Å². The normalized spacial score (nSPS) is 16.0. The number of halogens is 1. The molecule has 27 heavy (non-hydrogen) atoms. The molecular formula is C20H36IN5S. The van der Waals surface area contributed by atoms with Gasteiger partial charge in [-0.25, -0.2) is 0 Å². The molecule has 1 aromatic carbocycles. The molecule has 1 aromatic rings. The third-order valence-corrected chi connectivity index (χ3v) is 5.75. The average Bonchev–Trinajstić information content (AvgIpc) is 2.70. The SMILES string of the molecule is CCN1CCN(CCCCNC(=NC)NCCSc2ccccc2)CC1.I. The highest BCUT2D eigenvalue weighted by molar-refractivity contribution is 14.0. The first-order valence-corrected chi connectivity index (χ1v) is 10.9. The lowest BCUT2D eigenvalue weighted by Gasteiger charge is -2.34. The molecule has 0 bridgehead atoms. The van der Waals surface area contributed by atoms with Crippen molar-refractivity contribution in [2.24, 2.45) is 4.99 Å². The van der Waals surface area contributed by atoms with Gasteiger partial charge in [0.2, 0.25) is 0 Å². The van der Waals surface area contributed by atoms with Crippen molar-refractivity contribution in [3.63, 3.8) is 0 Å². The van der Waals surface area contributed by atoms with Crippen molar-refractivity contribution in [1.82, 2.24) is 20.4 Å². The highest BCUT2D eigenvalue weighted by Crippen LogP contribution is 2.15. The summed E-state index contributed by atoms with van der Waals surface area (Å²) in [5.74, 6) is 1.95. The zero-order chi connectivity index (χ0) is 18.5. The number of unbranched alkanes of at least 4 members (excludes halogenated alkanes) is 1. The van der Waals surface area contributed by atoms with Gasteiger partial charge in [0, 0.05) is 57.0 Å². The van der Waals surface area contributed by atoms with Gasteiger partial charge in [-0.1, -0.05) is 25.1 Å². The van der Waals surface area contributed by atoms with Crippen molar-refractivity contribution >= 4 is 41.7 Å². The number of thioether (sulfide) groups is 1. The van der Waals surface area contributed by atoms with Gasteiger partial charge < -0.3 is 20.4 Å². The van der Waals surface area contributed by atoms with E-state index in [1.54, 1.807) is 0 Å². The first-order valence-electron chi connectivity index (χ1n) is 9.89. The van der Waals surface area contributed by atoms with Gasteiger partial charge in [0.1, 0.15) is 0 Å². The average molecular weight is 506 g/mol. The van der Waals surface area contributed by atoms with Gasteiger partial charge in [-0.3, -0.25) is 4.99 Å². The van der Waals surface area contributed by atoms with E-state index in [1.165, 1.54) is 57.0 Å². The van der Waals surface area contributed by atoms with Crippen LogP contribution < -0.4 is 10.6 Å². The Kier molecular flexibility index (Phi) is 14.0. The molecule has 0 aromatic heterocycles. The number of benzene rings is 1. The van der Waals surface area contributed by atoms with Crippen LogP contribution in [0, 0.1) is 0 Å². The van der Waals surface area contributed by atoms with Crippen LogP contribution in [0.2, 0.25) is 0 Å². The van der Waals surface area contributed by atoms with Crippen LogP contribution in [0.4, 0.5) is 0 Å². The summed E-state index contributed by atoms with van der Waals surface area (Å²) in [7, 11) is 1.84. The predicted octanol–water partition coefficient (Wildman–Crippen LogP) is 2.98. The molecule has 0 unspecified atom stereocenters. The summed E-state index contributed by atoms with van der Waals surface area (Å²) in [6.45, 7) is 11.5. The van der Waals surface area contributed by atoms with Gasteiger partial charge in [-0.15, -0.1) is 35.7 Å². The van der Waals surface area contributed by atoms with Gasteiger partial charge in [-0.2, -0.15) is 0 Å². The predicted molar refractivity (Wildman–Crippen MR) is 130 cm³/mol. The van der Waals surface area contributed by atoms with E-state index in [9.17, 15) is 0 Å². The molecule has 0 amide bonds. The van der Waals surface area contributed by atoms with Crippen LogP contribution in [-0.4, -0.2) is 80.9 Å². The maximum absolute atomic E-state index is 4.31. The van der Waals surface area contributed by atoms with E-state index in [-0.39, 0.29) is 24.0 Å². The minimum Gasteiger partial charge on any atom is -0.356 e. The molecule has 154 valence electrons. The summed E-state index contributed by atoms with van der Waals surface area (Å²) in [6, 6.07) is 10.5. The Balaban J connectivity index is 0.00000364. The van der Waals surface area contributed by atoms with E-state index in [4.69, 9.17) is 0 Å². The van der Waals surface area contributed by atoms with Gasteiger partial charge in [0.25, 0.3) is 0 Å². The fourth-order valence-corrected chi connectivity index (χ4v) is 3.86. The van der Waals surface area contributed by atoms with Gasteiger partial charge in [0.15, 0.2) is 5.96 Å². The monoisotopic (exact) mass is 505 g/mol. The highest BCUT2D eigenvalue weighted by Gasteiger charge is 2.14. The molecule has 7 heteroatoms. The lowest BCUT2D eigenvalue weighted by atomic mass is 10.2. The summed E-state index contributed by atoms with van der Waals surface area (Å²) < 4.78 is 0. The molecule has 1 fully saturated rings. The standard InChI is InChI=1S/C20H35N5S.HI/c1-3-24-14-16-25(17-15-24)13-8-7-11-22-20(21-2)23-12-18-26-19-9-5-4-6-10-19;/h4-6,9-10H,3,7-8,11-18H2,1-2H3,(H2,21,22,23);1H. The van der Waals surface area contributed by atoms with Gasteiger partial charge in [0.05, 0.1) is 0 Å². The van der Waals surface area contributed by atoms with E-state index >= 15 is 0 Å². The highest BCUT2D eigenvalue weighted by atomic mass is 127. The van der Waals surface area contributed by atoms with Crippen LogP contribution in [0.3, 0.4) is 0 Å². The smallest absolute Gasteiger partial charge is 0.191 e. The Bertz CT molecular complexity index is 506. The topological polar surface area (TPSA) is 42.9 Å². The zero-order valence-electron chi connectivity index (χ0n) is 16.8. The van der Waals surface area contributed by atoms with Crippen molar-refractivity contribution in [3.05, 3.63) is 30.3 Å². The van der Waals surface area contributed by atoms with E-state index in [1.807, 2.05) is 18.8 Å². The molecule has 0 atom stereocenters. The molecule has 1 saturated heterocycles. The lowest BCUT2D eigenvalue weighted by Crippen LogP contribution is -2.46. The molecule has 0 radical (unpaired) electrons. The summed E-state index contributed by atoms with van der Waals surface area (Å²) in [5, 5.41) is 6.82. The zero-order valence-corrected chi connectivity index (χ0v) is 20.0. The third-order valence-electron chi connectivity index (χ3n) is 4.74. The van der Waals surface area contributed by atoms with E-state index < -0.39 is 0 Å². The molecule has 5 nitrogen and oxygen atoms in total. The third kappa shape index (κ3) is 10.6. The Morgan fingerprint density at radius 1 is 1.00 bits per heavy atom. The number of piperazine rings is 1. The summed E-state index contributed by atoms with van der Waals surface area (Å²) >= 11 is 1.87. The maximum Gasteiger partial charge on any atom is 0.191 e. The molecule has 2 N–H and O–H groups in total. The first kappa shape index (κ1) is 24.5. The van der Waals surface area contributed by atoms with Gasteiger partial charge in [-0.05, 0) is 38.1 Å².